The predicted octanol–water partition coefficient (Wildman–Crippen LogP) is -1.11. The molecule has 1 saturated heterocycles. The zero-order valence-corrected chi connectivity index (χ0v) is 10.5. The van der Waals surface area contributed by atoms with E-state index in [1.807, 2.05) is 0 Å². The molecule has 0 aromatic carbocycles. The van der Waals surface area contributed by atoms with Crippen molar-refractivity contribution < 1.29 is 13.2 Å². The number of nitrogen functional groups attached to an aromatic ring is 1. The minimum atomic E-state index is -3.61. The van der Waals surface area contributed by atoms with E-state index in [9.17, 15) is 8.42 Å². The number of nitrogens with zero attached hydrogens (tertiary/aromatic N) is 2. The molecule has 0 unspecified atom stereocenters. The SMILES string of the molecule is NNc1cc(S(=O)(=O)NN2CCOCC2)ccn1. The molecule has 0 saturated carbocycles. The number of morpholine rings is 1. The van der Waals surface area contributed by atoms with Crippen LogP contribution in [0.5, 0.6) is 0 Å². The summed E-state index contributed by atoms with van der Waals surface area (Å²) in [4.78, 5) is 6.46. The number of aromatic nitrogens is 1. The van der Waals surface area contributed by atoms with Gasteiger partial charge in [-0.25, -0.2) is 24.3 Å². The van der Waals surface area contributed by atoms with Gasteiger partial charge in [0.25, 0.3) is 10.0 Å². The number of pyridine rings is 1. The van der Waals surface area contributed by atoms with Crippen LogP contribution in [0.4, 0.5) is 5.82 Å². The summed E-state index contributed by atoms with van der Waals surface area (Å²) in [6, 6.07) is 2.77. The zero-order chi connectivity index (χ0) is 13.0. The summed E-state index contributed by atoms with van der Waals surface area (Å²) in [7, 11) is -3.61. The fourth-order valence-electron chi connectivity index (χ4n) is 1.53. The first-order chi connectivity index (χ1) is 8.62. The highest BCUT2D eigenvalue weighted by atomic mass is 32.2. The quantitative estimate of drug-likeness (QED) is 0.471. The number of sulfonamides is 1. The zero-order valence-electron chi connectivity index (χ0n) is 9.67. The van der Waals surface area contributed by atoms with E-state index in [1.54, 1.807) is 5.01 Å². The standard InChI is InChI=1S/C9H15N5O3S/c10-12-9-7-8(1-2-11-9)18(15,16)13-14-3-5-17-6-4-14/h1-2,7,13H,3-6,10H2,(H,11,12). The lowest BCUT2D eigenvalue weighted by molar-refractivity contribution is 0.0272. The Kier molecular flexibility index (Phi) is 4.09. The minimum absolute atomic E-state index is 0.108. The highest BCUT2D eigenvalue weighted by molar-refractivity contribution is 7.89. The highest BCUT2D eigenvalue weighted by Crippen LogP contribution is 2.12. The molecule has 0 amide bonds. The summed E-state index contributed by atoms with van der Waals surface area (Å²) in [5, 5.41) is 1.61. The average molecular weight is 273 g/mol. The van der Waals surface area contributed by atoms with Crippen molar-refractivity contribution in [2.24, 2.45) is 5.84 Å². The molecule has 0 atom stereocenters. The van der Waals surface area contributed by atoms with E-state index < -0.39 is 10.0 Å². The number of anilines is 1. The molecule has 0 radical (unpaired) electrons. The molecule has 0 aliphatic carbocycles. The Morgan fingerprint density at radius 3 is 2.78 bits per heavy atom. The molecular weight excluding hydrogens is 258 g/mol. The van der Waals surface area contributed by atoms with Gasteiger partial charge in [-0.3, -0.25) is 0 Å². The first kappa shape index (κ1) is 13.2. The summed E-state index contributed by atoms with van der Waals surface area (Å²) in [6.07, 6.45) is 1.38. The first-order valence-corrected chi connectivity index (χ1v) is 6.88. The maximum Gasteiger partial charge on any atom is 0.253 e. The summed E-state index contributed by atoms with van der Waals surface area (Å²) < 4.78 is 29.3. The van der Waals surface area contributed by atoms with Crippen molar-refractivity contribution in [3.63, 3.8) is 0 Å². The molecule has 0 spiro atoms. The number of ether oxygens (including phenoxy) is 1. The second-order valence-corrected chi connectivity index (χ2v) is 5.38. The molecule has 1 aliphatic rings. The molecule has 4 N–H and O–H groups in total. The van der Waals surface area contributed by atoms with Gasteiger partial charge in [-0.1, -0.05) is 0 Å². The van der Waals surface area contributed by atoms with E-state index in [-0.39, 0.29) is 4.90 Å². The van der Waals surface area contributed by atoms with Crippen molar-refractivity contribution in [1.82, 2.24) is 14.8 Å². The number of nitrogens with one attached hydrogen (secondary N) is 2. The molecule has 8 nitrogen and oxygen atoms in total. The number of rotatable bonds is 4. The van der Waals surface area contributed by atoms with E-state index in [0.717, 1.165) is 0 Å². The van der Waals surface area contributed by atoms with Gasteiger partial charge in [-0.2, -0.15) is 0 Å². The van der Waals surface area contributed by atoms with Crippen LogP contribution in [0.15, 0.2) is 23.2 Å². The molecule has 1 aliphatic heterocycles. The maximum atomic E-state index is 12.1. The minimum Gasteiger partial charge on any atom is -0.379 e. The predicted molar refractivity (Wildman–Crippen MR) is 64.8 cm³/mol. The van der Waals surface area contributed by atoms with Gasteiger partial charge in [0, 0.05) is 25.4 Å². The Morgan fingerprint density at radius 2 is 2.11 bits per heavy atom. The number of nitrogens with two attached hydrogens (primary N) is 1. The number of hydrogen-bond acceptors (Lipinski definition) is 7. The van der Waals surface area contributed by atoms with Crippen molar-refractivity contribution in [1.29, 1.82) is 0 Å². The Bertz CT molecular complexity index is 501. The van der Waals surface area contributed by atoms with Crippen molar-refractivity contribution in [3.8, 4) is 0 Å². The van der Waals surface area contributed by atoms with Crippen molar-refractivity contribution in [2.75, 3.05) is 31.7 Å². The fourth-order valence-corrected chi connectivity index (χ4v) is 2.67. The molecule has 2 heterocycles. The third-order valence-electron chi connectivity index (χ3n) is 2.45. The lowest BCUT2D eigenvalue weighted by Gasteiger charge is -2.26. The molecule has 1 aromatic rings. The van der Waals surface area contributed by atoms with E-state index in [2.05, 4.69) is 15.2 Å². The first-order valence-electron chi connectivity index (χ1n) is 5.39. The Balaban J connectivity index is 2.13. The molecular formula is C9H15N5O3S. The monoisotopic (exact) mass is 273 g/mol. The second-order valence-electron chi connectivity index (χ2n) is 3.72. The molecule has 18 heavy (non-hydrogen) atoms. The van der Waals surface area contributed by atoms with Gasteiger partial charge in [-0.15, -0.1) is 4.83 Å². The lowest BCUT2D eigenvalue weighted by atomic mass is 10.5. The average Bonchev–Trinajstić information content (AvgIpc) is 2.39. The van der Waals surface area contributed by atoms with Gasteiger partial charge in [0.15, 0.2) is 0 Å². The molecule has 100 valence electrons. The van der Waals surface area contributed by atoms with Gasteiger partial charge in [0.2, 0.25) is 0 Å². The smallest absolute Gasteiger partial charge is 0.253 e. The Hall–Kier alpha value is -1.26. The van der Waals surface area contributed by atoms with Gasteiger partial charge >= 0.3 is 0 Å². The van der Waals surface area contributed by atoms with Crippen LogP contribution in [0.3, 0.4) is 0 Å². The summed E-state index contributed by atoms with van der Waals surface area (Å²) in [6.45, 7) is 2.06. The molecule has 1 fully saturated rings. The van der Waals surface area contributed by atoms with E-state index >= 15 is 0 Å². The summed E-state index contributed by atoms with van der Waals surface area (Å²) in [5.41, 5.74) is 2.31. The lowest BCUT2D eigenvalue weighted by Crippen LogP contribution is -2.48. The van der Waals surface area contributed by atoms with Crippen LogP contribution in [-0.4, -0.2) is 44.7 Å². The van der Waals surface area contributed by atoms with Crippen molar-refractivity contribution in [2.45, 2.75) is 4.90 Å². The van der Waals surface area contributed by atoms with Gasteiger partial charge in [-0.05, 0) is 6.07 Å². The Labute approximate surface area is 105 Å². The Morgan fingerprint density at radius 1 is 1.39 bits per heavy atom. The van der Waals surface area contributed by atoms with E-state index in [1.165, 1.54) is 18.3 Å². The van der Waals surface area contributed by atoms with Gasteiger partial charge in [0.1, 0.15) is 5.82 Å². The van der Waals surface area contributed by atoms with E-state index in [0.29, 0.717) is 32.1 Å². The van der Waals surface area contributed by atoms with Crippen LogP contribution >= 0.6 is 0 Å². The second kappa shape index (κ2) is 5.59. The highest BCUT2D eigenvalue weighted by Gasteiger charge is 2.20. The topological polar surface area (TPSA) is 110 Å². The van der Waals surface area contributed by atoms with Gasteiger partial charge < -0.3 is 10.2 Å². The van der Waals surface area contributed by atoms with Crippen molar-refractivity contribution in [3.05, 3.63) is 18.3 Å². The van der Waals surface area contributed by atoms with Crippen LogP contribution in [0.2, 0.25) is 0 Å². The third kappa shape index (κ3) is 3.15. The maximum absolute atomic E-state index is 12.1. The van der Waals surface area contributed by atoms with Crippen LogP contribution < -0.4 is 16.1 Å². The van der Waals surface area contributed by atoms with Crippen LogP contribution in [0.1, 0.15) is 0 Å². The fraction of sp³-hybridized carbons (Fsp3) is 0.444. The van der Waals surface area contributed by atoms with Crippen LogP contribution in [0, 0.1) is 0 Å². The van der Waals surface area contributed by atoms with Crippen LogP contribution in [0.25, 0.3) is 0 Å². The summed E-state index contributed by atoms with van der Waals surface area (Å²) in [5.74, 6) is 5.48. The largest absolute Gasteiger partial charge is 0.379 e. The number of hydrogen-bond donors (Lipinski definition) is 3. The van der Waals surface area contributed by atoms with Gasteiger partial charge in [0.05, 0.1) is 18.1 Å². The number of hydrazine groups is 2. The summed E-state index contributed by atoms with van der Waals surface area (Å²) >= 11 is 0. The van der Waals surface area contributed by atoms with Crippen molar-refractivity contribution >= 4 is 15.8 Å². The van der Waals surface area contributed by atoms with E-state index in [4.69, 9.17) is 10.6 Å². The molecule has 2 rings (SSSR count). The molecule has 0 bridgehead atoms. The molecule has 9 heteroatoms. The van der Waals surface area contributed by atoms with Crippen LogP contribution in [-0.2, 0) is 14.8 Å². The third-order valence-corrected chi connectivity index (χ3v) is 3.82. The normalized spacial score (nSPS) is 17.6. The molecule has 1 aromatic heterocycles.